The number of hydrogen-bond donors (Lipinski definition) is 7. The van der Waals surface area contributed by atoms with Crippen molar-refractivity contribution in [3.05, 3.63) is 10.4 Å². The Morgan fingerprint density at radius 2 is 1.43 bits per heavy atom. The zero-order valence-electron chi connectivity index (χ0n) is 14.7. The molecule has 28 heavy (non-hydrogen) atoms. The van der Waals surface area contributed by atoms with Crippen LogP contribution >= 0.6 is 0 Å². The third-order valence-corrected chi connectivity index (χ3v) is 4.50. The van der Waals surface area contributed by atoms with Crippen molar-refractivity contribution in [2.24, 2.45) is 5.11 Å². The third-order valence-electron chi connectivity index (χ3n) is 4.50. The topological polar surface area (TPSA) is 227 Å². The largest absolute Gasteiger partial charge is 0.394 e. The van der Waals surface area contributed by atoms with Crippen molar-refractivity contribution in [2.75, 3.05) is 26.4 Å². The number of aliphatic hydroxyl groups excluding tert-OH is 7. The standard InChI is InChI=1S/C14H25N3O11/c15-17-16-1-2-25-13-11(24)9(22)12(6(4-19)27-13)28-14-10(23)8(21)7(20)5(3-18)26-14/h5-14,18-24H,1-4H2/t5-,6-,7+,8+,9-,10-,11+,12-,13-,14+/m1/s1. The van der Waals surface area contributed by atoms with Crippen LogP contribution in [0.25, 0.3) is 10.4 Å². The average Bonchev–Trinajstić information content (AvgIpc) is 2.70. The highest BCUT2D eigenvalue weighted by atomic mass is 16.7. The maximum absolute atomic E-state index is 10.3. The highest BCUT2D eigenvalue weighted by molar-refractivity contribution is 4.94. The molecular formula is C14H25N3O11. The molecule has 0 saturated carbocycles. The van der Waals surface area contributed by atoms with Crippen LogP contribution in [0.2, 0.25) is 0 Å². The fraction of sp³-hybridized carbons (Fsp3) is 1.00. The van der Waals surface area contributed by atoms with Crippen molar-refractivity contribution in [2.45, 2.75) is 61.4 Å². The van der Waals surface area contributed by atoms with E-state index in [1.165, 1.54) is 0 Å². The summed E-state index contributed by atoms with van der Waals surface area (Å²) in [6.07, 6.45) is -15.1. The van der Waals surface area contributed by atoms with Crippen LogP contribution in [0.15, 0.2) is 5.11 Å². The Morgan fingerprint density at radius 3 is 2.04 bits per heavy atom. The summed E-state index contributed by atoms with van der Waals surface area (Å²) in [5.41, 5.74) is 8.21. The van der Waals surface area contributed by atoms with Crippen molar-refractivity contribution in [3.63, 3.8) is 0 Å². The third kappa shape index (κ3) is 5.07. The Labute approximate surface area is 159 Å². The number of aliphatic hydroxyl groups is 7. The van der Waals surface area contributed by atoms with E-state index in [2.05, 4.69) is 10.0 Å². The first-order chi connectivity index (χ1) is 13.3. The first-order valence-corrected chi connectivity index (χ1v) is 8.56. The molecule has 7 N–H and O–H groups in total. The van der Waals surface area contributed by atoms with E-state index in [9.17, 15) is 35.7 Å². The summed E-state index contributed by atoms with van der Waals surface area (Å²) < 4.78 is 21.1. The molecule has 14 heteroatoms. The van der Waals surface area contributed by atoms with Crippen LogP contribution in [0.3, 0.4) is 0 Å². The molecule has 14 nitrogen and oxygen atoms in total. The summed E-state index contributed by atoms with van der Waals surface area (Å²) in [6, 6.07) is 0. The molecule has 0 aliphatic carbocycles. The van der Waals surface area contributed by atoms with Crippen LogP contribution in [-0.4, -0.2) is 124 Å². The molecule has 0 spiro atoms. The molecule has 2 rings (SSSR count). The van der Waals surface area contributed by atoms with E-state index in [4.69, 9.17) is 24.5 Å². The Hall–Kier alpha value is -1.13. The second-order valence-electron chi connectivity index (χ2n) is 6.33. The van der Waals surface area contributed by atoms with E-state index in [-0.39, 0.29) is 13.2 Å². The van der Waals surface area contributed by atoms with Gasteiger partial charge in [-0.15, -0.1) is 0 Å². The molecule has 0 aromatic rings. The molecule has 0 amide bonds. The average molecular weight is 411 g/mol. The quantitative estimate of drug-likeness (QED) is 0.0879. The van der Waals surface area contributed by atoms with E-state index in [1.807, 2.05) is 0 Å². The lowest BCUT2D eigenvalue weighted by molar-refractivity contribution is -0.359. The highest BCUT2D eigenvalue weighted by Gasteiger charge is 2.50. The van der Waals surface area contributed by atoms with Crippen LogP contribution < -0.4 is 0 Å². The van der Waals surface area contributed by atoms with Crippen LogP contribution in [-0.2, 0) is 18.9 Å². The Bertz CT molecular complexity index is 533. The van der Waals surface area contributed by atoms with Gasteiger partial charge < -0.3 is 54.7 Å². The molecule has 10 atom stereocenters. The van der Waals surface area contributed by atoms with Crippen molar-refractivity contribution in [3.8, 4) is 0 Å². The normalized spacial score (nSPS) is 44.1. The van der Waals surface area contributed by atoms with Gasteiger partial charge in [0.15, 0.2) is 12.6 Å². The summed E-state index contributed by atoms with van der Waals surface area (Å²) in [5, 5.41) is 72.1. The highest BCUT2D eigenvalue weighted by Crippen LogP contribution is 2.29. The molecule has 0 aromatic heterocycles. The molecule has 2 fully saturated rings. The molecule has 0 aromatic carbocycles. The minimum absolute atomic E-state index is 0.0479. The lowest BCUT2D eigenvalue weighted by Crippen LogP contribution is -2.64. The summed E-state index contributed by atoms with van der Waals surface area (Å²) in [6.45, 7) is -1.51. The number of azide groups is 1. The zero-order chi connectivity index (χ0) is 20.8. The first-order valence-electron chi connectivity index (χ1n) is 8.56. The number of hydrogen-bond acceptors (Lipinski definition) is 12. The van der Waals surface area contributed by atoms with E-state index in [0.29, 0.717) is 0 Å². The Kier molecular flexibility index (Phi) is 8.76. The van der Waals surface area contributed by atoms with Crippen LogP contribution in [0, 0.1) is 0 Å². The Morgan fingerprint density at radius 1 is 0.821 bits per heavy atom. The van der Waals surface area contributed by atoms with Gasteiger partial charge >= 0.3 is 0 Å². The van der Waals surface area contributed by atoms with Crippen LogP contribution in [0.1, 0.15) is 0 Å². The number of nitrogens with zero attached hydrogens (tertiary/aromatic N) is 3. The summed E-state index contributed by atoms with van der Waals surface area (Å²) in [7, 11) is 0. The predicted octanol–water partition coefficient (Wildman–Crippen LogP) is -4.06. The van der Waals surface area contributed by atoms with Crippen molar-refractivity contribution >= 4 is 0 Å². The summed E-state index contributed by atoms with van der Waals surface area (Å²) >= 11 is 0. The smallest absolute Gasteiger partial charge is 0.187 e. The van der Waals surface area contributed by atoms with E-state index in [1.54, 1.807) is 0 Å². The van der Waals surface area contributed by atoms with Crippen molar-refractivity contribution < 1.29 is 54.7 Å². The summed E-state index contributed by atoms with van der Waals surface area (Å²) in [4.78, 5) is 2.53. The van der Waals surface area contributed by atoms with Gasteiger partial charge in [-0.25, -0.2) is 0 Å². The molecule has 2 saturated heterocycles. The van der Waals surface area contributed by atoms with Gasteiger partial charge in [-0.2, -0.15) is 0 Å². The minimum Gasteiger partial charge on any atom is -0.394 e. The maximum atomic E-state index is 10.3. The van der Waals surface area contributed by atoms with Gasteiger partial charge in [0.2, 0.25) is 0 Å². The molecule has 162 valence electrons. The van der Waals surface area contributed by atoms with E-state index >= 15 is 0 Å². The second-order valence-corrected chi connectivity index (χ2v) is 6.33. The SMILES string of the molecule is [N-]=[N+]=NCCO[C@@H]1O[C@H](CO)[C@@H](O[C@@H]2O[C@H](CO)[C@H](O)[C@H](O)[C@H]2O)[C@H](O)[C@@H]1O. The van der Waals surface area contributed by atoms with Gasteiger partial charge in [-0.05, 0) is 5.53 Å². The molecule has 0 unspecified atom stereocenters. The zero-order valence-corrected chi connectivity index (χ0v) is 14.7. The molecular weight excluding hydrogens is 386 g/mol. The van der Waals surface area contributed by atoms with Crippen molar-refractivity contribution in [1.29, 1.82) is 0 Å². The molecule has 2 aliphatic rings. The number of ether oxygens (including phenoxy) is 4. The van der Waals surface area contributed by atoms with E-state index < -0.39 is 74.6 Å². The fourth-order valence-electron chi connectivity index (χ4n) is 2.95. The maximum Gasteiger partial charge on any atom is 0.187 e. The van der Waals surface area contributed by atoms with Gasteiger partial charge in [0.05, 0.1) is 19.8 Å². The van der Waals surface area contributed by atoms with E-state index in [0.717, 1.165) is 0 Å². The van der Waals surface area contributed by atoms with Crippen LogP contribution in [0.4, 0.5) is 0 Å². The number of rotatable bonds is 8. The van der Waals surface area contributed by atoms with Crippen molar-refractivity contribution in [1.82, 2.24) is 0 Å². The molecule has 0 radical (unpaired) electrons. The van der Waals surface area contributed by atoms with Gasteiger partial charge in [0.25, 0.3) is 0 Å². The summed E-state index contributed by atoms with van der Waals surface area (Å²) in [5.74, 6) is 0. The van der Waals surface area contributed by atoms with Gasteiger partial charge in [-0.1, -0.05) is 5.11 Å². The van der Waals surface area contributed by atoms with Gasteiger partial charge in [-0.3, -0.25) is 0 Å². The lowest BCUT2D eigenvalue weighted by Gasteiger charge is -2.45. The molecule has 2 heterocycles. The van der Waals surface area contributed by atoms with Crippen LogP contribution in [0.5, 0.6) is 0 Å². The lowest BCUT2D eigenvalue weighted by atomic mass is 9.97. The Balaban J connectivity index is 2.05. The van der Waals surface area contributed by atoms with Gasteiger partial charge in [0.1, 0.15) is 48.8 Å². The molecule has 2 aliphatic heterocycles. The fourth-order valence-corrected chi connectivity index (χ4v) is 2.95. The molecule has 0 bridgehead atoms. The monoisotopic (exact) mass is 411 g/mol. The first kappa shape index (κ1) is 23.2. The second kappa shape index (κ2) is 10.6. The predicted molar refractivity (Wildman–Crippen MR) is 86.4 cm³/mol. The minimum atomic E-state index is -1.74. The van der Waals surface area contributed by atoms with Gasteiger partial charge in [0, 0.05) is 11.5 Å².